The molecule has 0 radical (unpaired) electrons. The van der Waals surface area contributed by atoms with Gasteiger partial charge in [-0.3, -0.25) is 9.78 Å². The van der Waals surface area contributed by atoms with Crippen LogP contribution in [0.15, 0.2) is 36.5 Å². The molecule has 1 fully saturated rings. The van der Waals surface area contributed by atoms with E-state index in [1.807, 2.05) is 0 Å². The minimum Gasteiger partial charge on any atom is -0.508 e. The van der Waals surface area contributed by atoms with E-state index in [4.69, 9.17) is 0 Å². The smallest absolute Gasteiger partial charge is 0.416 e. The fraction of sp³-hybridized carbons (Fsp3) is 0.333. The van der Waals surface area contributed by atoms with Crippen LogP contribution in [0.25, 0.3) is 11.3 Å². The molecule has 0 unspecified atom stereocenters. The molecule has 0 atom stereocenters. The molecule has 0 aliphatic carbocycles. The third-order valence-electron chi connectivity index (χ3n) is 4.33. The van der Waals surface area contributed by atoms with Crippen LogP contribution in [-0.2, 0) is 6.18 Å². The number of likely N-dealkylation sites (tertiary alicyclic amines) is 1. The highest BCUT2D eigenvalue weighted by molar-refractivity contribution is 5.94. The van der Waals surface area contributed by atoms with Crippen molar-refractivity contribution in [1.29, 1.82) is 0 Å². The molecule has 1 aliphatic heterocycles. The third kappa shape index (κ3) is 4.35. The van der Waals surface area contributed by atoms with Crippen molar-refractivity contribution in [2.75, 3.05) is 13.1 Å². The lowest BCUT2D eigenvalue weighted by atomic mass is 10.0. The summed E-state index contributed by atoms with van der Waals surface area (Å²) in [6, 6.07) is 5.30. The van der Waals surface area contributed by atoms with Crippen LogP contribution in [0, 0.1) is 0 Å². The summed E-state index contributed by atoms with van der Waals surface area (Å²) >= 11 is 0. The van der Waals surface area contributed by atoms with Gasteiger partial charge in [0.2, 0.25) is 0 Å². The molecule has 0 saturated carbocycles. The Kier molecular flexibility index (Phi) is 4.79. The highest BCUT2D eigenvalue weighted by atomic mass is 19.4. The van der Waals surface area contributed by atoms with Crippen LogP contribution in [0.1, 0.15) is 28.8 Å². The minimum atomic E-state index is -4.63. The lowest BCUT2D eigenvalue weighted by molar-refractivity contribution is -0.137. The second-order valence-corrected chi connectivity index (χ2v) is 6.35. The van der Waals surface area contributed by atoms with Gasteiger partial charge in [-0.25, -0.2) is 8.78 Å². The maximum atomic E-state index is 13.2. The van der Waals surface area contributed by atoms with Crippen LogP contribution in [-0.4, -0.2) is 39.9 Å². The number of hydrogen-bond acceptors (Lipinski definition) is 3. The van der Waals surface area contributed by atoms with Gasteiger partial charge in [0, 0.05) is 37.7 Å². The van der Waals surface area contributed by atoms with Gasteiger partial charge in [0.25, 0.3) is 11.8 Å². The Morgan fingerprint density at radius 3 is 2.33 bits per heavy atom. The SMILES string of the molecule is O=C(c1ccc(-c2cc(O)cc(C(F)(F)F)c2)nc1)N1CCC(F)(F)CC1. The van der Waals surface area contributed by atoms with Gasteiger partial charge in [0.15, 0.2) is 0 Å². The number of carbonyl (C=O) groups excluding carboxylic acids is 1. The van der Waals surface area contributed by atoms with E-state index in [9.17, 15) is 31.9 Å². The number of amides is 1. The predicted octanol–water partition coefficient (Wildman–Crippen LogP) is 4.34. The first-order valence-corrected chi connectivity index (χ1v) is 8.10. The van der Waals surface area contributed by atoms with Crippen LogP contribution in [0.4, 0.5) is 22.0 Å². The van der Waals surface area contributed by atoms with Crippen molar-refractivity contribution in [2.24, 2.45) is 0 Å². The van der Waals surface area contributed by atoms with Crippen molar-refractivity contribution in [1.82, 2.24) is 9.88 Å². The molecule has 9 heteroatoms. The van der Waals surface area contributed by atoms with Gasteiger partial charge in [-0.2, -0.15) is 13.2 Å². The first kappa shape index (κ1) is 19.1. The van der Waals surface area contributed by atoms with Gasteiger partial charge in [-0.1, -0.05) is 0 Å². The van der Waals surface area contributed by atoms with E-state index in [1.54, 1.807) is 0 Å². The summed E-state index contributed by atoms with van der Waals surface area (Å²) in [5.74, 6) is -3.79. The Morgan fingerprint density at radius 2 is 1.78 bits per heavy atom. The monoisotopic (exact) mass is 386 g/mol. The van der Waals surface area contributed by atoms with Crippen molar-refractivity contribution in [3.8, 4) is 17.0 Å². The molecule has 1 N–H and O–H groups in total. The number of pyridine rings is 1. The van der Waals surface area contributed by atoms with E-state index in [2.05, 4.69) is 4.98 Å². The molecule has 0 spiro atoms. The zero-order valence-electron chi connectivity index (χ0n) is 13.9. The minimum absolute atomic E-state index is 0.0407. The summed E-state index contributed by atoms with van der Waals surface area (Å²) in [5, 5.41) is 9.52. The van der Waals surface area contributed by atoms with E-state index in [-0.39, 0.29) is 29.9 Å². The standard InChI is InChI=1S/C18H15F5N2O2/c19-17(20)3-5-25(6-4-17)16(27)11-1-2-15(24-10-11)12-7-13(18(21,22)23)9-14(26)8-12/h1-2,7-10,26H,3-6H2. The average Bonchev–Trinajstić information content (AvgIpc) is 2.60. The van der Waals surface area contributed by atoms with Gasteiger partial charge < -0.3 is 10.0 Å². The van der Waals surface area contributed by atoms with Gasteiger partial charge in [-0.15, -0.1) is 0 Å². The molecule has 0 bridgehead atoms. The molecule has 2 aromatic rings. The van der Waals surface area contributed by atoms with Crippen molar-refractivity contribution in [3.63, 3.8) is 0 Å². The number of phenols is 1. The number of carbonyl (C=O) groups is 1. The number of halogens is 5. The van der Waals surface area contributed by atoms with E-state index in [0.717, 1.165) is 12.1 Å². The molecule has 1 amide bonds. The molecule has 1 saturated heterocycles. The zero-order chi connectivity index (χ0) is 19.8. The van der Waals surface area contributed by atoms with E-state index in [0.29, 0.717) is 6.07 Å². The molecule has 1 aromatic heterocycles. The molecule has 1 aromatic carbocycles. The molecule has 144 valence electrons. The Balaban J connectivity index is 1.80. The topological polar surface area (TPSA) is 53.4 Å². The van der Waals surface area contributed by atoms with Gasteiger partial charge in [0.05, 0.1) is 16.8 Å². The molecule has 2 heterocycles. The number of piperidine rings is 1. The molecular formula is C18H15F5N2O2. The van der Waals surface area contributed by atoms with Crippen molar-refractivity contribution < 1.29 is 31.9 Å². The van der Waals surface area contributed by atoms with E-state index >= 15 is 0 Å². The van der Waals surface area contributed by atoms with Gasteiger partial charge in [0.1, 0.15) is 5.75 Å². The second kappa shape index (κ2) is 6.79. The van der Waals surface area contributed by atoms with Crippen molar-refractivity contribution in [3.05, 3.63) is 47.7 Å². The number of nitrogens with zero attached hydrogens (tertiary/aromatic N) is 2. The average molecular weight is 386 g/mol. The maximum absolute atomic E-state index is 13.2. The van der Waals surface area contributed by atoms with E-state index < -0.39 is 42.2 Å². The molecule has 3 rings (SSSR count). The van der Waals surface area contributed by atoms with Crippen molar-refractivity contribution in [2.45, 2.75) is 24.9 Å². The van der Waals surface area contributed by atoms with Crippen LogP contribution in [0.2, 0.25) is 0 Å². The fourth-order valence-electron chi connectivity index (χ4n) is 2.83. The molecule has 1 aliphatic rings. The summed E-state index contributed by atoms with van der Waals surface area (Å²) in [6.07, 6.45) is -4.26. The summed E-state index contributed by atoms with van der Waals surface area (Å²) in [5.41, 5.74) is -0.689. The summed E-state index contributed by atoms with van der Waals surface area (Å²) < 4.78 is 64.9. The van der Waals surface area contributed by atoms with Crippen LogP contribution in [0.5, 0.6) is 5.75 Å². The number of benzene rings is 1. The normalized spacial score (nSPS) is 17.0. The maximum Gasteiger partial charge on any atom is 0.416 e. The quantitative estimate of drug-likeness (QED) is 0.781. The zero-order valence-corrected chi connectivity index (χ0v) is 13.9. The molecular weight excluding hydrogens is 371 g/mol. The largest absolute Gasteiger partial charge is 0.508 e. The Bertz CT molecular complexity index is 840. The fourth-order valence-corrected chi connectivity index (χ4v) is 2.83. The lowest BCUT2D eigenvalue weighted by Crippen LogP contribution is -2.42. The summed E-state index contributed by atoms with van der Waals surface area (Å²) in [6.45, 7) is -0.149. The second-order valence-electron chi connectivity index (χ2n) is 6.35. The number of rotatable bonds is 2. The number of hydrogen-bond donors (Lipinski definition) is 1. The number of phenolic OH excluding ortho intramolecular Hbond substituents is 1. The third-order valence-corrected chi connectivity index (χ3v) is 4.33. The van der Waals surface area contributed by atoms with Crippen LogP contribution < -0.4 is 0 Å². The first-order valence-electron chi connectivity index (χ1n) is 8.10. The van der Waals surface area contributed by atoms with Crippen molar-refractivity contribution >= 4 is 5.91 Å². The Hall–Kier alpha value is -2.71. The highest BCUT2D eigenvalue weighted by Crippen LogP contribution is 2.35. The number of alkyl halides is 5. The molecule has 4 nitrogen and oxygen atoms in total. The summed E-state index contributed by atoms with van der Waals surface area (Å²) in [7, 11) is 0. The first-order chi connectivity index (χ1) is 12.5. The molecule has 27 heavy (non-hydrogen) atoms. The predicted molar refractivity (Wildman–Crippen MR) is 86.4 cm³/mol. The van der Waals surface area contributed by atoms with Gasteiger partial charge in [-0.05, 0) is 30.3 Å². The Morgan fingerprint density at radius 1 is 1.11 bits per heavy atom. The van der Waals surface area contributed by atoms with Crippen LogP contribution >= 0.6 is 0 Å². The van der Waals surface area contributed by atoms with E-state index in [1.165, 1.54) is 23.2 Å². The highest BCUT2D eigenvalue weighted by Gasteiger charge is 2.36. The summed E-state index contributed by atoms with van der Waals surface area (Å²) in [4.78, 5) is 17.6. The van der Waals surface area contributed by atoms with Crippen LogP contribution in [0.3, 0.4) is 0 Å². The Labute approximate surface area is 151 Å². The lowest BCUT2D eigenvalue weighted by Gasteiger charge is -2.31. The van der Waals surface area contributed by atoms with Gasteiger partial charge >= 0.3 is 6.18 Å². The number of aromatic hydroxyl groups is 1. The number of aromatic nitrogens is 1.